The summed E-state index contributed by atoms with van der Waals surface area (Å²) in [5.41, 5.74) is 0. The molecule has 0 saturated carbocycles. The van der Waals surface area contributed by atoms with Crippen LogP contribution in [0, 0.1) is 0 Å². The molecule has 0 amide bonds. The summed E-state index contributed by atoms with van der Waals surface area (Å²) in [6.45, 7) is 0. The molecule has 2 rings (SSSR count). The molecule has 0 aliphatic carbocycles. The van der Waals surface area contributed by atoms with Crippen LogP contribution in [0.2, 0.25) is 0 Å². The highest BCUT2D eigenvalue weighted by Crippen LogP contribution is 2.22. The average molecular weight is 296 g/mol. The fraction of sp³-hybridized carbons (Fsp3) is 0.0769. The van der Waals surface area contributed by atoms with Crippen molar-refractivity contribution in [1.82, 2.24) is 0 Å². The normalized spacial score (nSPS) is 11.9. The molecule has 0 aliphatic heterocycles. The van der Waals surface area contributed by atoms with Crippen molar-refractivity contribution < 1.29 is 17.7 Å². The van der Waals surface area contributed by atoms with Crippen molar-refractivity contribution >= 4 is 29.3 Å². The Kier molecular flexibility index (Phi) is 4.20. The maximum absolute atomic E-state index is 11.3. The number of ether oxygens (including phenoxy) is 1. The summed E-state index contributed by atoms with van der Waals surface area (Å²) in [5, 5.41) is 1.45. The summed E-state index contributed by atoms with van der Waals surface area (Å²) in [6, 6.07) is 13.8. The van der Waals surface area contributed by atoms with Crippen LogP contribution in [0.1, 0.15) is 0 Å². The van der Waals surface area contributed by atoms with Gasteiger partial charge >= 0.3 is 0 Å². The van der Waals surface area contributed by atoms with E-state index in [2.05, 4.69) is 0 Å². The van der Waals surface area contributed by atoms with E-state index < -0.39 is 10.1 Å². The number of hydrogen-bond acceptors (Lipinski definition) is 3. The van der Waals surface area contributed by atoms with Crippen LogP contribution < -0.4 is 15.3 Å². The van der Waals surface area contributed by atoms with Gasteiger partial charge in [0.15, 0.2) is 0 Å². The highest BCUT2D eigenvalue weighted by atomic mass is 32.2. The van der Waals surface area contributed by atoms with Gasteiger partial charge in [0.25, 0.3) is 10.1 Å². The van der Waals surface area contributed by atoms with E-state index in [1.54, 1.807) is 25.3 Å². The fourth-order valence-corrected chi connectivity index (χ4v) is 3.99. The Hall–Kier alpha value is -1.42. The number of benzene rings is 2. The quantitative estimate of drug-likeness (QED) is 0.687. The minimum absolute atomic E-state index is 0.0563. The van der Waals surface area contributed by atoms with Crippen molar-refractivity contribution in [3.63, 3.8) is 0 Å². The molecule has 100 valence electrons. The Morgan fingerprint density at radius 1 is 1.00 bits per heavy atom. The van der Waals surface area contributed by atoms with Crippen LogP contribution in [0.5, 0.6) is 5.75 Å². The smallest absolute Gasteiger partial charge is 0.295 e. The summed E-state index contributed by atoms with van der Waals surface area (Å²) >= 11 is 0. The molecule has 1 N–H and O–H groups in total. The van der Waals surface area contributed by atoms with Crippen LogP contribution in [0.3, 0.4) is 0 Å². The zero-order valence-electron chi connectivity index (χ0n) is 10.2. The molecule has 0 fully saturated rings. The Bertz CT molecular complexity index is 683. The van der Waals surface area contributed by atoms with E-state index >= 15 is 0 Å². The lowest BCUT2D eigenvalue weighted by atomic mass is 10.3. The van der Waals surface area contributed by atoms with Crippen LogP contribution in [-0.2, 0) is 10.1 Å². The molecule has 0 aromatic heterocycles. The third-order valence-corrected chi connectivity index (χ3v) is 5.02. The Morgan fingerprint density at radius 2 is 1.58 bits per heavy atom. The molecule has 0 radical (unpaired) electrons. The van der Waals surface area contributed by atoms with Crippen LogP contribution in [0.15, 0.2) is 53.4 Å². The molecule has 1 atom stereocenters. The second-order valence-electron chi connectivity index (χ2n) is 3.80. The molecule has 0 aliphatic rings. The van der Waals surface area contributed by atoms with E-state index in [-0.39, 0.29) is 13.5 Å². The van der Waals surface area contributed by atoms with Crippen molar-refractivity contribution in [2.75, 3.05) is 7.11 Å². The van der Waals surface area contributed by atoms with E-state index in [1.165, 1.54) is 6.07 Å². The number of hydrogen-bond donors (Lipinski definition) is 1. The lowest BCUT2D eigenvalue weighted by Gasteiger charge is -2.10. The third-order valence-electron chi connectivity index (χ3n) is 2.54. The SMILES string of the molecule is COc1ccccc1Pc1ccccc1S(=O)(=O)O. The van der Waals surface area contributed by atoms with Gasteiger partial charge in [0, 0.05) is 5.30 Å². The molecule has 2 aromatic carbocycles. The summed E-state index contributed by atoms with van der Waals surface area (Å²) in [4.78, 5) is -0.0563. The van der Waals surface area contributed by atoms with E-state index in [1.807, 2.05) is 24.3 Å². The van der Waals surface area contributed by atoms with E-state index in [0.29, 0.717) is 11.1 Å². The van der Waals surface area contributed by atoms with E-state index in [0.717, 1.165) is 5.30 Å². The first kappa shape index (κ1) is 14.0. The van der Waals surface area contributed by atoms with E-state index in [9.17, 15) is 13.0 Å². The first-order valence-electron chi connectivity index (χ1n) is 5.49. The Morgan fingerprint density at radius 3 is 2.21 bits per heavy atom. The molecular weight excluding hydrogens is 283 g/mol. The van der Waals surface area contributed by atoms with Gasteiger partial charge < -0.3 is 4.74 Å². The molecular formula is C13H13O4PS. The van der Waals surface area contributed by atoms with Crippen molar-refractivity contribution in [3.05, 3.63) is 48.5 Å². The van der Waals surface area contributed by atoms with Crippen molar-refractivity contribution in [3.8, 4) is 5.75 Å². The van der Waals surface area contributed by atoms with Crippen molar-refractivity contribution in [2.24, 2.45) is 0 Å². The minimum atomic E-state index is -4.21. The summed E-state index contributed by atoms with van der Waals surface area (Å²) in [5.74, 6) is 0.700. The van der Waals surface area contributed by atoms with Crippen LogP contribution in [0.4, 0.5) is 0 Å². The molecule has 0 heterocycles. The van der Waals surface area contributed by atoms with Gasteiger partial charge in [-0.25, -0.2) is 0 Å². The van der Waals surface area contributed by atoms with Gasteiger partial charge in [-0.05, 0) is 17.4 Å². The Labute approximate surface area is 114 Å². The summed E-state index contributed by atoms with van der Waals surface area (Å²) < 4.78 is 37.1. The number of para-hydroxylation sites is 1. The molecule has 6 heteroatoms. The zero-order chi connectivity index (χ0) is 13.9. The molecule has 0 saturated heterocycles. The van der Waals surface area contributed by atoms with Gasteiger partial charge in [-0.1, -0.05) is 45.0 Å². The molecule has 2 aromatic rings. The molecule has 19 heavy (non-hydrogen) atoms. The molecule has 0 spiro atoms. The van der Waals surface area contributed by atoms with Crippen molar-refractivity contribution in [2.45, 2.75) is 4.90 Å². The predicted molar refractivity (Wildman–Crippen MR) is 76.8 cm³/mol. The van der Waals surface area contributed by atoms with Crippen LogP contribution >= 0.6 is 8.58 Å². The second kappa shape index (κ2) is 5.70. The predicted octanol–water partition coefficient (Wildman–Crippen LogP) is 1.57. The monoisotopic (exact) mass is 296 g/mol. The lowest BCUT2D eigenvalue weighted by molar-refractivity contribution is 0.418. The maximum Gasteiger partial charge on any atom is 0.295 e. The highest BCUT2D eigenvalue weighted by Gasteiger charge is 2.15. The maximum atomic E-state index is 11.3. The van der Waals surface area contributed by atoms with Crippen LogP contribution in [0.25, 0.3) is 0 Å². The summed E-state index contributed by atoms with van der Waals surface area (Å²) in [6.07, 6.45) is 0. The van der Waals surface area contributed by atoms with Gasteiger partial charge in [-0.2, -0.15) is 8.42 Å². The average Bonchev–Trinajstić information content (AvgIpc) is 2.39. The standard InChI is InChI=1S/C13H13O4PS/c1-17-10-6-2-3-7-11(10)18-12-8-4-5-9-13(12)19(14,15)16/h2-9,18H,1H3,(H,14,15,16). The van der Waals surface area contributed by atoms with Gasteiger partial charge in [0.2, 0.25) is 0 Å². The summed E-state index contributed by atoms with van der Waals surface area (Å²) in [7, 11) is -2.55. The zero-order valence-corrected chi connectivity index (χ0v) is 12.0. The molecule has 1 unspecified atom stereocenters. The fourth-order valence-electron chi connectivity index (χ4n) is 1.69. The van der Waals surface area contributed by atoms with Gasteiger partial charge in [-0.3, -0.25) is 4.55 Å². The third kappa shape index (κ3) is 3.32. The van der Waals surface area contributed by atoms with Gasteiger partial charge in [0.05, 0.1) is 7.11 Å². The molecule has 4 nitrogen and oxygen atoms in total. The number of methoxy groups -OCH3 is 1. The highest BCUT2D eigenvalue weighted by molar-refractivity contribution is 7.86. The van der Waals surface area contributed by atoms with Gasteiger partial charge in [0.1, 0.15) is 10.6 Å². The second-order valence-corrected chi connectivity index (χ2v) is 6.51. The van der Waals surface area contributed by atoms with Gasteiger partial charge in [-0.15, -0.1) is 0 Å². The van der Waals surface area contributed by atoms with E-state index in [4.69, 9.17) is 4.74 Å². The Balaban J connectivity index is 2.45. The largest absolute Gasteiger partial charge is 0.496 e. The molecule has 0 bridgehead atoms. The van der Waals surface area contributed by atoms with Crippen LogP contribution in [-0.4, -0.2) is 20.1 Å². The first-order chi connectivity index (χ1) is 9.02. The van der Waals surface area contributed by atoms with Crippen molar-refractivity contribution in [1.29, 1.82) is 0 Å². The minimum Gasteiger partial charge on any atom is -0.496 e. The number of rotatable bonds is 4. The topological polar surface area (TPSA) is 63.6 Å². The first-order valence-corrected chi connectivity index (χ1v) is 7.93. The lowest BCUT2D eigenvalue weighted by Crippen LogP contribution is -2.14.